The molecule has 2 aromatic rings. The first-order valence-electron chi connectivity index (χ1n) is 7.74. The Kier molecular flexibility index (Phi) is 5.74. The van der Waals surface area contributed by atoms with Gasteiger partial charge >= 0.3 is 5.97 Å². The summed E-state index contributed by atoms with van der Waals surface area (Å²) in [6, 6.07) is 10.3. The number of aliphatic hydroxyl groups is 2. The molecule has 0 saturated carbocycles. The van der Waals surface area contributed by atoms with Gasteiger partial charge in [0.1, 0.15) is 0 Å². The molecule has 0 unspecified atom stereocenters. The average Bonchev–Trinajstić information content (AvgIpc) is 2.63. The minimum atomic E-state index is -1.53. The monoisotopic (exact) mass is 378 g/mol. The predicted octanol–water partition coefficient (Wildman–Crippen LogP) is 3.39. The quantitative estimate of drug-likeness (QED) is 0.400. The lowest BCUT2D eigenvalue weighted by atomic mass is 10.2. The zero-order valence-corrected chi connectivity index (χ0v) is 14.9. The molecule has 0 bridgehead atoms. The Balaban J connectivity index is 1.95. The molecule has 1 aliphatic heterocycles. The lowest BCUT2D eigenvalue weighted by molar-refractivity contribution is -0.0426. The fourth-order valence-electron chi connectivity index (χ4n) is 2.41. The van der Waals surface area contributed by atoms with Gasteiger partial charge < -0.3 is 26.0 Å². The molecule has 0 aliphatic carbocycles. The summed E-state index contributed by atoms with van der Waals surface area (Å²) in [6.07, 6.45) is -0.638. The summed E-state index contributed by atoms with van der Waals surface area (Å²) in [6.45, 7) is 1.54. The van der Waals surface area contributed by atoms with Crippen molar-refractivity contribution in [3.8, 4) is 0 Å². The molecule has 1 aliphatic rings. The van der Waals surface area contributed by atoms with Gasteiger partial charge in [-0.15, -0.1) is 0 Å². The zero-order chi connectivity index (χ0) is 17.8. The Bertz CT molecular complexity index is 783. The number of fused-ring (bicyclic) bond motifs is 2. The van der Waals surface area contributed by atoms with Crippen LogP contribution in [0.15, 0.2) is 46.2 Å². The van der Waals surface area contributed by atoms with E-state index < -0.39 is 12.3 Å². The van der Waals surface area contributed by atoms with Crippen LogP contribution in [0.3, 0.4) is 0 Å². The maximum Gasteiger partial charge on any atom is 0.335 e. The SMILES string of the molecule is O=C(O)c1ccc2c(c1)SSc1cc(C(O)O)ccc1NCCCN2. The predicted molar refractivity (Wildman–Crippen MR) is 100 cm³/mol. The molecule has 0 saturated heterocycles. The van der Waals surface area contributed by atoms with Crippen molar-refractivity contribution in [1.29, 1.82) is 0 Å². The van der Waals surface area contributed by atoms with Crippen LogP contribution in [0, 0.1) is 0 Å². The fraction of sp³-hybridized carbons (Fsp3) is 0.235. The van der Waals surface area contributed by atoms with E-state index in [0.717, 1.165) is 40.7 Å². The van der Waals surface area contributed by atoms with Gasteiger partial charge in [0.25, 0.3) is 0 Å². The maximum atomic E-state index is 11.2. The van der Waals surface area contributed by atoms with E-state index in [-0.39, 0.29) is 5.56 Å². The van der Waals surface area contributed by atoms with Crippen molar-refractivity contribution in [3.05, 3.63) is 47.5 Å². The topological polar surface area (TPSA) is 102 Å². The Morgan fingerprint density at radius 2 is 1.56 bits per heavy atom. The van der Waals surface area contributed by atoms with Gasteiger partial charge in [-0.05, 0) is 36.8 Å². The molecule has 2 aromatic carbocycles. The van der Waals surface area contributed by atoms with Gasteiger partial charge in [-0.25, -0.2) is 4.79 Å². The third-order valence-electron chi connectivity index (χ3n) is 3.74. The first kappa shape index (κ1) is 17.9. The number of carboxylic acid groups (broad SMARTS) is 1. The Labute approximate surface area is 153 Å². The Morgan fingerprint density at radius 3 is 2.16 bits per heavy atom. The van der Waals surface area contributed by atoms with E-state index in [9.17, 15) is 20.1 Å². The maximum absolute atomic E-state index is 11.2. The van der Waals surface area contributed by atoms with Crippen molar-refractivity contribution in [2.24, 2.45) is 0 Å². The number of hydrogen-bond donors (Lipinski definition) is 5. The zero-order valence-electron chi connectivity index (χ0n) is 13.2. The second-order valence-corrected chi connectivity index (χ2v) is 7.73. The summed E-state index contributed by atoms with van der Waals surface area (Å²) in [5.41, 5.74) is 2.46. The van der Waals surface area contributed by atoms with Gasteiger partial charge in [0.05, 0.1) is 5.56 Å². The van der Waals surface area contributed by atoms with Gasteiger partial charge in [0, 0.05) is 39.8 Å². The summed E-state index contributed by atoms with van der Waals surface area (Å²) >= 11 is 0. The number of benzene rings is 2. The van der Waals surface area contributed by atoms with Crippen LogP contribution in [0.4, 0.5) is 11.4 Å². The first-order valence-corrected chi connectivity index (χ1v) is 9.89. The van der Waals surface area contributed by atoms with Crippen LogP contribution >= 0.6 is 21.6 Å². The molecule has 6 nitrogen and oxygen atoms in total. The van der Waals surface area contributed by atoms with Gasteiger partial charge in [-0.3, -0.25) is 0 Å². The number of aromatic carboxylic acids is 1. The molecule has 0 spiro atoms. The number of carbonyl (C=O) groups is 1. The fourth-order valence-corrected chi connectivity index (χ4v) is 4.77. The first-order chi connectivity index (χ1) is 12.0. The highest BCUT2D eigenvalue weighted by molar-refractivity contribution is 8.76. The average molecular weight is 378 g/mol. The summed E-state index contributed by atoms with van der Waals surface area (Å²) < 4.78 is 0. The van der Waals surface area contributed by atoms with Crippen molar-refractivity contribution in [1.82, 2.24) is 0 Å². The molecule has 132 valence electrons. The van der Waals surface area contributed by atoms with Crippen LogP contribution in [0.2, 0.25) is 0 Å². The third kappa shape index (κ3) is 4.40. The van der Waals surface area contributed by atoms with Crippen LogP contribution in [-0.4, -0.2) is 34.4 Å². The molecule has 3 rings (SSSR count). The van der Waals surface area contributed by atoms with Crippen molar-refractivity contribution in [3.63, 3.8) is 0 Å². The van der Waals surface area contributed by atoms with E-state index in [1.165, 1.54) is 21.6 Å². The Morgan fingerprint density at radius 1 is 0.960 bits per heavy atom. The Hall–Kier alpha value is -1.87. The summed E-state index contributed by atoms with van der Waals surface area (Å²) in [7, 11) is 2.89. The van der Waals surface area contributed by atoms with Gasteiger partial charge in [0.2, 0.25) is 0 Å². The molecule has 0 atom stereocenters. The number of rotatable bonds is 2. The summed E-state index contributed by atoms with van der Waals surface area (Å²) in [5, 5.41) is 34.7. The van der Waals surface area contributed by atoms with Gasteiger partial charge in [-0.1, -0.05) is 27.7 Å². The lowest BCUT2D eigenvalue weighted by Crippen LogP contribution is -2.10. The molecule has 8 heteroatoms. The van der Waals surface area contributed by atoms with Gasteiger partial charge in [-0.2, -0.15) is 0 Å². The second kappa shape index (κ2) is 8.01. The number of nitrogens with one attached hydrogen (secondary N) is 2. The van der Waals surface area contributed by atoms with E-state index >= 15 is 0 Å². The minimum absolute atomic E-state index is 0.237. The van der Waals surface area contributed by atoms with E-state index in [4.69, 9.17) is 0 Å². The standard InChI is InChI=1S/C17H18N2O4S2/c20-16(21)10-2-4-12-14(8-10)24-25-15-9-11(17(22)23)3-5-13(15)19-7-1-6-18-12/h2-5,8-9,16,18-21H,1,6-7H2,(H,22,23). The van der Waals surface area contributed by atoms with Crippen LogP contribution in [0.5, 0.6) is 0 Å². The number of hydrogen-bond acceptors (Lipinski definition) is 7. The van der Waals surface area contributed by atoms with Crippen LogP contribution in [0.1, 0.15) is 28.6 Å². The van der Waals surface area contributed by atoms with Crippen LogP contribution < -0.4 is 10.6 Å². The molecule has 0 amide bonds. The highest BCUT2D eigenvalue weighted by atomic mass is 33.1. The molecule has 1 heterocycles. The highest BCUT2D eigenvalue weighted by Gasteiger charge is 2.14. The van der Waals surface area contributed by atoms with E-state index in [1.54, 1.807) is 30.3 Å². The highest BCUT2D eigenvalue weighted by Crippen LogP contribution is 2.44. The van der Waals surface area contributed by atoms with Crippen LogP contribution in [0.25, 0.3) is 0 Å². The van der Waals surface area contributed by atoms with Crippen LogP contribution in [-0.2, 0) is 0 Å². The minimum Gasteiger partial charge on any atom is -0.478 e. The molecular formula is C17H18N2O4S2. The second-order valence-electron chi connectivity index (χ2n) is 5.52. The molecule has 5 N–H and O–H groups in total. The number of aliphatic hydroxyl groups excluding tert-OH is 1. The van der Waals surface area contributed by atoms with Gasteiger partial charge in [0.15, 0.2) is 6.29 Å². The smallest absolute Gasteiger partial charge is 0.335 e. The van der Waals surface area contributed by atoms with E-state index in [1.807, 2.05) is 6.07 Å². The van der Waals surface area contributed by atoms with E-state index in [2.05, 4.69) is 10.6 Å². The molecule has 0 aromatic heterocycles. The molecule has 0 fully saturated rings. The molecule has 25 heavy (non-hydrogen) atoms. The van der Waals surface area contributed by atoms with Crippen molar-refractivity contribution >= 4 is 38.9 Å². The van der Waals surface area contributed by atoms with Crippen molar-refractivity contribution in [2.45, 2.75) is 22.5 Å². The lowest BCUT2D eigenvalue weighted by Gasteiger charge is -2.13. The number of carboxylic acids is 1. The largest absolute Gasteiger partial charge is 0.478 e. The third-order valence-corrected chi connectivity index (χ3v) is 6.18. The molecular weight excluding hydrogens is 360 g/mol. The number of anilines is 2. The normalized spacial score (nSPS) is 14.5. The summed E-state index contributed by atoms with van der Waals surface area (Å²) in [4.78, 5) is 12.9. The van der Waals surface area contributed by atoms with Crippen molar-refractivity contribution in [2.75, 3.05) is 23.7 Å². The molecule has 0 radical (unpaired) electrons. The summed E-state index contributed by atoms with van der Waals surface area (Å²) in [5.74, 6) is -0.963. The van der Waals surface area contributed by atoms with E-state index in [0.29, 0.717) is 5.56 Å². The van der Waals surface area contributed by atoms with Crippen molar-refractivity contribution < 1.29 is 20.1 Å².